The topological polar surface area (TPSA) is 87.5 Å². The highest BCUT2D eigenvalue weighted by molar-refractivity contribution is 7.87. The third kappa shape index (κ3) is 3.78. The molecule has 2 N–H and O–H groups in total. The smallest absolute Gasteiger partial charge is 0.279 e. The molecule has 0 aliphatic carbocycles. The van der Waals surface area contributed by atoms with Gasteiger partial charge in [0.2, 0.25) is 0 Å². The highest BCUT2D eigenvalue weighted by atomic mass is 32.2. The first-order chi connectivity index (χ1) is 9.53. The molecule has 114 valence electrons. The van der Waals surface area contributed by atoms with Gasteiger partial charge in [0.05, 0.1) is 12.3 Å². The Morgan fingerprint density at radius 1 is 1.50 bits per heavy atom. The largest absolute Gasteiger partial charge is 0.395 e. The Kier molecular flexibility index (Phi) is 5.14. The van der Waals surface area contributed by atoms with Crippen molar-refractivity contribution >= 4 is 10.2 Å². The van der Waals surface area contributed by atoms with E-state index < -0.39 is 10.2 Å². The van der Waals surface area contributed by atoms with Crippen LogP contribution in [0.4, 0.5) is 0 Å². The molecule has 2 heterocycles. The van der Waals surface area contributed by atoms with Gasteiger partial charge in [-0.2, -0.15) is 17.8 Å². The normalized spacial score (nSPS) is 21.2. The predicted octanol–water partition coefficient (Wildman–Crippen LogP) is -0.356. The second-order valence-electron chi connectivity index (χ2n) is 5.07. The van der Waals surface area contributed by atoms with E-state index in [1.807, 2.05) is 19.3 Å². The number of nitrogens with one attached hydrogen (secondary N) is 1. The van der Waals surface area contributed by atoms with Gasteiger partial charge >= 0.3 is 0 Å². The molecule has 7 nitrogen and oxygen atoms in total. The molecule has 0 saturated carbocycles. The SMILES string of the molecule is Cn1ccc(CCNS(=O)(=O)N2CCCCC2CO)n1. The summed E-state index contributed by atoms with van der Waals surface area (Å²) in [4.78, 5) is 0. The standard InChI is InChI=1S/C12H22N4O3S/c1-15-9-6-11(14-15)5-7-13-20(18,19)16-8-3-2-4-12(16)10-17/h6,9,12-13,17H,2-5,7-8,10H2,1H3. The lowest BCUT2D eigenvalue weighted by Gasteiger charge is -2.33. The number of aliphatic hydroxyl groups is 1. The first-order valence-electron chi connectivity index (χ1n) is 6.89. The summed E-state index contributed by atoms with van der Waals surface area (Å²) in [7, 11) is -1.69. The first kappa shape index (κ1) is 15.4. The zero-order valence-corrected chi connectivity index (χ0v) is 12.5. The van der Waals surface area contributed by atoms with Crippen LogP contribution in [-0.2, 0) is 23.7 Å². The second-order valence-corrected chi connectivity index (χ2v) is 6.78. The number of hydrogen-bond acceptors (Lipinski definition) is 4. The Bertz CT molecular complexity index is 529. The lowest BCUT2D eigenvalue weighted by molar-refractivity contribution is 0.154. The Balaban J connectivity index is 1.89. The van der Waals surface area contributed by atoms with E-state index >= 15 is 0 Å². The molecule has 20 heavy (non-hydrogen) atoms. The van der Waals surface area contributed by atoms with Gasteiger partial charge in [0.25, 0.3) is 10.2 Å². The molecule has 2 rings (SSSR count). The molecule has 0 bridgehead atoms. The molecule has 1 unspecified atom stereocenters. The van der Waals surface area contributed by atoms with E-state index in [-0.39, 0.29) is 12.6 Å². The third-order valence-electron chi connectivity index (χ3n) is 3.53. The number of rotatable bonds is 6. The van der Waals surface area contributed by atoms with E-state index in [9.17, 15) is 13.5 Å². The summed E-state index contributed by atoms with van der Waals surface area (Å²) in [5, 5.41) is 13.5. The van der Waals surface area contributed by atoms with Crippen molar-refractivity contribution in [1.29, 1.82) is 0 Å². The van der Waals surface area contributed by atoms with Crippen LogP contribution in [0.2, 0.25) is 0 Å². The van der Waals surface area contributed by atoms with Gasteiger partial charge < -0.3 is 5.11 Å². The van der Waals surface area contributed by atoms with Crippen molar-refractivity contribution in [2.75, 3.05) is 19.7 Å². The fourth-order valence-electron chi connectivity index (χ4n) is 2.46. The molecule has 0 radical (unpaired) electrons. The number of nitrogens with zero attached hydrogens (tertiary/aromatic N) is 3. The van der Waals surface area contributed by atoms with E-state index in [4.69, 9.17) is 0 Å². The molecule has 1 aliphatic rings. The maximum Gasteiger partial charge on any atom is 0.279 e. The van der Waals surface area contributed by atoms with Gasteiger partial charge in [-0.05, 0) is 18.9 Å². The Hall–Kier alpha value is -0.960. The fourth-order valence-corrected chi connectivity index (χ4v) is 3.92. The van der Waals surface area contributed by atoms with Gasteiger partial charge in [0, 0.05) is 38.8 Å². The van der Waals surface area contributed by atoms with Crippen molar-refractivity contribution in [3.63, 3.8) is 0 Å². The van der Waals surface area contributed by atoms with E-state index in [1.54, 1.807) is 4.68 Å². The molecule has 0 aromatic carbocycles. The molecule has 1 aromatic rings. The highest BCUT2D eigenvalue weighted by Crippen LogP contribution is 2.19. The Morgan fingerprint density at radius 3 is 2.95 bits per heavy atom. The number of piperidine rings is 1. The zero-order chi connectivity index (χ0) is 14.6. The zero-order valence-electron chi connectivity index (χ0n) is 11.7. The summed E-state index contributed by atoms with van der Waals surface area (Å²) in [6.07, 6.45) is 4.91. The average Bonchev–Trinajstić information content (AvgIpc) is 2.84. The van der Waals surface area contributed by atoms with Crippen LogP contribution in [-0.4, -0.2) is 53.3 Å². The van der Waals surface area contributed by atoms with Crippen LogP contribution < -0.4 is 4.72 Å². The Labute approximate surface area is 119 Å². The Morgan fingerprint density at radius 2 is 2.30 bits per heavy atom. The molecule has 8 heteroatoms. The van der Waals surface area contributed by atoms with Crippen LogP contribution in [0.1, 0.15) is 25.0 Å². The van der Waals surface area contributed by atoms with Crippen LogP contribution in [0.15, 0.2) is 12.3 Å². The van der Waals surface area contributed by atoms with E-state index in [0.717, 1.165) is 25.0 Å². The summed E-state index contributed by atoms with van der Waals surface area (Å²) in [5.41, 5.74) is 0.854. The minimum atomic E-state index is -3.52. The summed E-state index contributed by atoms with van der Waals surface area (Å²) in [6.45, 7) is 0.666. The van der Waals surface area contributed by atoms with Crippen molar-refractivity contribution in [3.8, 4) is 0 Å². The summed E-state index contributed by atoms with van der Waals surface area (Å²) in [5.74, 6) is 0. The van der Waals surface area contributed by atoms with Crippen molar-refractivity contribution < 1.29 is 13.5 Å². The molecule has 1 aromatic heterocycles. The molecule has 1 saturated heterocycles. The van der Waals surface area contributed by atoms with Crippen LogP contribution in [0.25, 0.3) is 0 Å². The number of aromatic nitrogens is 2. The van der Waals surface area contributed by atoms with E-state index in [0.29, 0.717) is 19.5 Å². The van der Waals surface area contributed by atoms with Crippen molar-refractivity contribution in [3.05, 3.63) is 18.0 Å². The maximum absolute atomic E-state index is 12.2. The first-order valence-corrected chi connectivity index (χ1v) is 8.33. The summed E-state index contributed by atoms with van der Waals surface area (Å²) >= 11 is 0. The van der Waals surface area contributed by atoms with Crippen LogP contribution in [0, 0.1) is 0 Å². The fraction of sp³-hybridized carbons (Fsp3) is 0.750. The average molecular weight is 302 g/mol. The van der Waals surface area contributed by atoms with Crippen molar-refractivity contribution in [1.82, 2.24) is 18.8 Å². The van der Waals surface area contributed by atoms with Crippen LogP contribution >= 0.6 is 0 Å². The molecule has 1 aliphatic heterocycles. The highest BCUT2D eigenvalue weighted by Gasteiger charge is 2.31. The van der Waals surface area contributed by atoms with Crippen molar-refractivity contribution in [2.24, 2.45) is 7.05 Å². The second kappa shape index (κ2) is 6.66. The predicted molar refractivity (Wildman–Crippen MR) is 75.3 cm³/mol. The van der Waals surface area contributed by atoms with Crippen LogP contribution in [0.3, 0.4) is 0 Å². The summed E-state index contributed by atoms with van der Waals surface area (Å²) in [6, 6.07) is 1.57. The molecular weight excluding hydrogens is 280 g/mol. The number of aliphatic hydroxyl groups excluding tert-OH is 1. The van der Waals surface area contributed by atoms with Gasteiger partial charge in [-0.15, -0.1) is 0 Å². The quantitative estimate of drug-likeness (QED) is 0.751. The maximum atomic E-state index is 12.2. The lowest BCUT2D eigenvalue weighted by Crippen LogP contribution is -2.50. The monoisotopic (exact) mass is 302 g/mol. The van der Waals surface area contributed by atoms with Gasteiger partial charge in [0.15, 0.2) is 0 Å². The minimum absolute atomic E-state index is 0.124. The molecule has 1 fully saturated rings. The summed E-state index contributed by atoms with van der Waals surface area (Å²) < 4.78 is 30.1. The number of aryl methyl sites for hydroxylation is 1. The number of hydrogen-bond donors (Lipinski definition) is 2. The van der Waals surface area contributed by atoms with Gasteiger partial charge in [-0.25, -0.2) is 4.72 Å². The minimum Gasteiger partial charge on any atom is -0.395 e. The van der Waals surface area contributed by atoms with E-state index in [2.05, 4.69) is 9.82 Å². The molecule has 1 atom stereocenters. The molecule has 0 amide bonds. The van der Waals surface area contributed by atoms with Crippen molar-refractivity contribution in [2.45, 2.75) is 31.7 Å². The van der Waals surface area contributed by atoms with Gasteiger partial charge in [-0.1, -0.05) is 6.42 Å². The lowest BCUT2D eigenvalue weighted by atomic mass is 10.1. The third-order valence-corrected chi connectivity index (χ3v) is 5.19. The molecule has 0 spiro atoms. The van der Waals surface area contributed by atoms with Gasteiger partial charge in [0.1, 0.15) is 0 Å². The van der Waals surface area contributed by atoms with E-state index in [1.165, 1.54) is 4.31 Å². The van der Waals surface area contributed by atoms with Gasteiger partial charge in [-0.3, -0.25) is 4.68 Å². The molecular formula is C12H22N4O3S. The van der Waals surface area contributed by atoms with Crippen LogP contribution in [0.5, 0.6) is 0 Å².